The van der Waals surface area contributed by atoms with Crippen LogP contribution in [0, 0.1) is 0 Å². The van der Waals surface area contributed by atoms with Crippen molar-refractivity contribution in [2.45, 2.75) is 31.7 Å². The van der Waals surface area contributed by atoms with Gasteiger partial charge in [-0.25, -0.2) is 4.79 Å². The van der Waals surface area contributed by atoms with E-state index in [0.29, 0.717) is 6.61 Å². The van der Waals surface area contributed by atoms with E-state index in [-0.39, 0.29) is 11.5 Å². The Labute approximate surface area is 78.1 Å². The molecule has 3 heteroatoms. The Hall–Kier alpha value is -0.830. The van der Waals surface area contributed by atoms with Crippen molar-refractivity contribution in [3.63, 3.8) is 0 Å². The van der Waals surface area contributed by atoms with Crippen LogP contribution < -0.4 is 5.32 Å². The smallest absolute Gasteiger partial charge is 0.333 e. The van der Waals surface area contributed by atoms with Crippen molar-refractivity contribution in [3.05, 3.63) is 11.6 Å². The highest BCUT2D eigenvalue weighted by atomic mass is 16.5. The molecule has 13 heavy (non-hydrogen) atoms. The second-order valence-corrected chi connectivity index (χ2v) is 3.79. The van der Waals surface area contributed by atoms with Gasteiger partial charge in [-0.15, -0.1) is 0 Å². The Kier molecular flexibility index (Phi) is 2.12. The molecule has 72 valence electrons. The molecule has 1 heterocycles. The zero-order valence-corrected chi connectivity index (χ0v) is 7.93. The van der Waals surface area contributed by atoms with E-state index >= 15 is 0 Å². The van der Waals surface area contributed by atoms with E-state index in [1.54, 1.807) is 0 Å². The lowest BCUT2D eigenvalue weighted by atomic mass is 9.85. The van der Waals surface area contributed by atoms with E-state index < -0.39 is 0 Å². The first-order valence-electron chi connectivity index (χ1n) is 4.87. The molecule has 0 aromatic carbocycles. The molecule has 2 rings (SSSR count). The summed E-state index contributed by atoms with van der Waals surface area (Å²) in [5, 5.41) is 3.39. The Morgan fingerprint density at radius 2 is 2.54 bits per heavy atom. The first-order valence-corrected chi connectivity index (χ1v) is 4.87. The van der Waals surface area contributed by atoms with Crippen molar-refractivity contribution < 1.29 is 9.53 Å². The van der Waals surface area contributed by atoms with E-state index in [0.717, 1.165) is 25.0 Å². The van der Waals surface area contributed by atoms with Crippen LogP contribution in [0.25, 0.3) is 0 Å². The fraction of sp³-hybridized carbons (Fsp3) is 0.700. The van der Waals surface area contributed by atoms with Crippen LogP contribution in [0.4, 0.5) is 0 Å². The third-order valence-electron chi connectivity index (χ3n) is 2.91. The number of esters is 1. The second kappa shape index (κ2) is 3.14. The minimum atomic E-state index is -0.131. The summed E-state index contributed by atoms with van der Waals surface area (Å²) >= 11 is 0. The van der Waals surface area contributed by atoms with Gasteiger partial charge < -0.3 is 10.1 Å². The Balaban J connectivity index is 1.92. The zero-order valence-electron chi connectivity index (χ0n) is 7.93. The molecule has 1 N–H and O–H groups in total. The Morgan fingerprint density at radius 1 is 1.77 bits per heavy atom. The van der Waals surface area contributed by atoms with Crippen molar-refractivity contribution >= 4 is 5.97 Å². The SMILES string of the molecule is CCOC(=O)C1=CCC2(CCN2)C1. The van der Waals surface area contributed by atoms with E-state index in [9.17, 15) is 4.79 Å². The van der Waals surface area contributed by atoms with Gasteiger partial charge in [-0.1, -0.05) is 6.08 Å². The highest BCUT2D eigenvalue weighted by molar-refractivity contribution is 5.89. The van der Waals surface area contributed by atoms with Crippen molar-refractivity contribution in [1.82, 2.24) is 5.32 Å². The highest BCUT2D eigenvalue weighted by Crippen LogP contribution is 2.36. The summed E-state index contributed by atoms with van der Waals surface area (Å²) < 4.78 is 4.95. The van der Waals surface area contributed by atoms with Crippen molar-refractivity contribution in [2.24, 2.45) is 0 Å². The first kappa shape index (κ1) is 8.75. The molecule has 0 amide bonds. The van der Waals surface area contributed by atoms with E-state index in [4.69, 9.17) is 4.74 Å². The number of hydrogen-bond donors (Lipinski definition) is 1. The summed E-state index contributed by atoms with van der Waals surface area (Å²) in [6, 6.07) is 0. The van der Waals surface area contributed by atoms with Gasteiger partial charge in [0.15, 0.2) is 0 Å². The topological polar surface area (TPSA) is 38.3 Å². The van der Waals surface area contributed by atoms with Crippen LogP contribution in [0.2, 0.25) is 0 Å². The van der Waals surface area contributed by atoms with Gasteiger partial charge in [0.2, 0.25) is 0 Å². The van der Waals surface area contributed by atoms with Crippen LogP contribution in [0.5, 0.6) is 0 Å². The van der Waals surface area contributed by atoms with Crippen LogP contribution in [-0.4, -0.2) is 24.7 Å². The van der Waals surface area contributed by atoms with Gasteiger partial charge in [-0.05, 0) is 32.7 Å². The molecular formula is C10H15NO2. The maximum absolute atomic E-state index is 11.4. The van der Waals surface area contributed by atoms with Gasteiger partial charge in [0, 0.05) is 11.1 Å². The predicted molar refractivity (Wildman–Crippen MR) is 49.3 cm³/mol. The maximum Gasteiger partial charge on any atom is 0.333 e. The van der Waals surface area contributed by atoms with Gasteiger partial charge in [0.25, 0.3) is 0 Å². The molecule has 0 aromatic rings. The number of carbonyl (C=O) groups excluding carboxylic acids is 1. The lowest BCUT2D eigenvalue weighted by Crippen LogP contribution is -2.55. The fourth-order valence-corrected chi connectivity index (χ4v) is 2.01. The summed E-state index contributed by atoms with van der Waals surface area (Å²) in [5.74, 6) is -0.131. The molecular weight excluding hydrogens is 166 g/mol. The lowest BCUT2D eigenvalue weighted by molar-refractivity contribution is -0.138. The van der Waals surface area contributed by atoms with Gasteiger partial charge in [0.05, 0.1) is 6.61 Å². The second-order valence-electron chi connectivity index (χ2n) is 3.79. The van der Waals surface area contributed by atoms with E-state index in [2.05, 4.69) is 5.32 Å². The third-order valence-corrected chi connectivity index (χ3v) is 2.91. The highest BCUT2D eigenvalue weighted by Gasteiger charge is 2.41. The number of carbonyl (C=O) groups is 1. The molecule has 3 nitrogen and oxygen atoms in total. The van der Waals surface area contributed by atoms with Crippen LogP contribution in [0.1, 0.15) is 26.2 Å². The van der Waals surface area contributed by atoms with Crippen LogP contribution in [0.3, 0.4) is 0 Å². The molecule has 1 fully saturated rings. The molecule has 1 aliphatic heterocycles. The summed E-state index contributed by atoms with van der Waals surface area (Å²) in [5.41, 5.74) is 1.08. The molecule has 0 bridgehead atoms. The van der Waals surface area contributed by atoms with Crippen molar-refractivity contribution in [1.29, 1.82) is 0 Å². The monoisotopic (exact) mass is 181 g/mol. The average molecular weight is 181 g/mol. The number of rotatable bonds is 2. The summed E-state index contributed by atoms with van der Waals surface area (Å²) in [4.78, 5) is 11.4. The summed E-state index contributed by atoms with van der Waals surface area (Å²) in [7, 11) is 0. The minimum Gasteiger partial charge on any atom is -0.463 e. The molecule has 1 atom stereocenters. The minimum absolute atomic E-state index is 0.131. The lowest BCUT2D eigenvalue weighted by Gasteiger charge is -2.40. The van der Waals surface area contributed by atoms with Gasteiger partial charge >= 0.3 is 5.97 Å². The number of nitrogens with one attached hydrogen (secondary N) is 1. The number of hydrogen-bond acceptors (Lipinski definition) is 3. The molecule has 0 radical (unpaired) electrons. The average Bonchev–Trinajstić information content (AvgIpc) is 2.47. The number of ether oxygens (including phenoxy) is 1. The van der Waals surface area contributed by atoms with Crippen LogP contribution in [0.15, 0.2) is 11.6 Å². The maximum atomic E-state index is 11.4. The van der Waals surface area contributed by atoms with Crippen LogP contribution in [-0.2, 0) is 9.53 Å². The molecule has 0 saturated carbocycles. The molecule has 1 aliphatic carbocycles. The molecule has 2 aliphatic rings. The molecule has 1 unspecified atom stereocenters. The van der Waals surface area contributed by atoms with Gasteiger partial charge in [-0.2, -0.15) is 0 Å². The first-order chi connectivity index (χ1) is 6.26. The fourth-order valence-electron chi connectivity index (χ4n) is 2.01. The van der Waals surface area contributed by atoms with Gasteiger partial charge in [0.1, 0.15) is 0 Å². The molecule has 1 spiro atoms. The normalized spacial score (nSPS) is 31.3. The summed E-state index contributed by atoms with van der Waals surface area (Å²) in [6.07, 6.45) is 5.05. The zero-order chi connectivity index (χ0) is 9.31. The van der Waals surface area contributed by atoms with Crippen molar-refractivity contribution in [2.75, 3.05) is 13.2 Å². The Bertz CT molecular complexity index is 254. The third kappa shape index (κ3) is 1.48. The Morgan fingerprint density at radius 3 is 3.00 bits per heavy atom. The molecule has 1 saturated heterocycles. The van der Waals surface area contributed by atoms with Crippen molar-refractivity contribution in [3.8, 4) is 0 Å². The molecule has 0 aromatic heterocycles. The van der Waals surface area contributed by atoms with Gasteiger partial charge in [-0.3, -0.25) is 0 Å². The van der Waals surface area contributed by atoms with Crippen LogP contribution >= 0.6 is 0 Å². The van der Waals surface area contributed by atoms with E-state index in [1.807, 2.05) is 13.0 Å². The standard InChI is InChI=1S/C10H15NO2/c1-2-13-9(12)8-3-4-10(7-8)5-6-11-10/h3,11H,2,4-7H2,1H3. The van der Waals surface area contributed by atoms with E-state index in [1.165, 1.54) is 6.42 Å². The summed E-state index contributed by atoms with van der Waals surface area (Å²) in [6.45, 7) is 3.39. The predicted octanol–water partition coefficient (Wildman–Crippen LogP) is 1.00. The largest absolute Gasteiger partial charge is 0.463 e. The quantitative estimate of drug-likeness (QED) is 0.646.